The molecule has 1 heterocycles. The van der Waals surface area contributed by atoms with Crippen molar-refractivity contribution in [1.82, 2.24) is 4.90 Å². The van der Waals surface area contributed by atoms with Gasteiger partial charge in [0.1, 0.15) is 0 Å². The molecule has 0 amide bonds. The third-order valence-electron chi connectivity index (χ3n) is 5.56. The van der Waals surface area contributed by atoms with Crippen LogP contribution in [0.3, 0.4) is 0 Å². The first-order valence-electron chi connectivity index (χ1n) is 8.16. The number of rotatable bonds is 2. The first-order chi connectivity index (χ1) is 9.58. The van der Waals surface area contributed by atoms with Crippen LogP contribution in [-0.2, 0) is 0 Å². The molecule has 2 heteroatoms. The van der Waals surface area contributed by atoms with Crippen LogP contribution in [-0.4, -0.2) is 24.0 Å². The van der Waals surface area contributed by atoms with Crippen LogP contribution in [0.2, 0.25) is 0 Å². The third-order valence-corrected chi connectivity index (χ3v) is 5.56. The molecule has 0 bridgehead atoms. The van der Waals surface area contributed by atoms with Crippen LogP contribution in [0.15, 0.2) is 24.3 Å². The molecule has 0 aromatic heterocycles. The lowest BCUT2D eigenvalue weighted by atomic mass is 9.78. The fourth-order valence-corrected chi connectivity index (χ4v) is 4.14. The van der Waals surface area contributed by atoms with Crippen molar-refractivity contribution >= 4 is 0 Å². The molecule has 0 saturated carbocycles. The second-order valence-electron chi connectivity index (χ2n) is 7.15. The van der Waals surface area contributed by atoms with Gasteiger partial charge in [-0.05, 0) is 48.3 Å². The summed E-state index contributed by atoms with van der Waals surface area (Å²) >= 11 is 0. The lowest BCUT2D eigenvalue weighted by Crippen LogP contribution is -2.45. The lowest BCUT2D eigenvalue weighted by molar-refractivity contribution is 0.171. The normalized spacial score (nSPS) is 34.5. The Labute approximate surface area is 123 Å². The molecule has 2 aliphatic rings. The number of likely N-dealkylation sites (tertiary alicyclic amines) is 1. The highest BCUT2D eigenvalue weighted by Gasteiger charge is 2.37. The molecular formula is C18H28N2. The van der Waals surface area contributed by atoms with Gasteiger partial charge < -0.3 is 5.73 Å². The van der Waals surface area contributed by atoms with Crippen molar-refractivity contribution in [2.45, 2.75) is 51.6 Å². The second kappa shape index (κ2) is 5.50. The van der Waals surface area contributed by atoms with Crippen molar-refractivity contribution in [3.63, 3.8) is 0 Å². The topological polar surface area (TPSA) is 29.3 Å². The Balaban J connectivity index is 1.80. The van der Waals surface area contributed by atoms with Gasteiger partial charge >= 0.3 is 0 Å². The van der Waals surface area contributed by atoms with Crippen molar-refractivity contribution < 1.29 is 0 Å². The average Bonchev–Trinajstić information content (AvgIpc) is 2.93. The van der Waals surface area contributed by atoms with Gasteiger partial charge in [0.2, 0.25) is 0 Å². The molecule has 0 spiro atoms. The summed E-state index contributed by atoms with van der Waals surface area (Å²) in [5.41, 5.74) is 9.46. The van der Waals surface area contributed by atoms with Crippen molar-refractivity contribution in [1.29, 1.82) is 0 Å². The Hall–Kier alpha value is -0.860. The van der Waals surface area contributed by atoms with Gasteiger partial charge in [-0.25, -0.2) is 0 Å². The van der Waals surface area contributed by atoms with E-state index in [4.69, 9.17) is 5.73 Å². The van der Waals surface area contributed by atoms with E-state index in [0.29, 0.717) is 12.0 Å². The molecular weight excluding hydrogens is 244 g/mol. The Morgan fingerprint density at radius 2 is 1.90 bits per heavy atom. The minimum Gasteiger partial charge on any atom is -0.323 e. The highest BCUT2D eigenvalue weighted by molar-refractivity contribution is 5.36. The van der Waals surface area contributed by atoms with E-state index >= 15 is 0 Å². The van der Waals surface area contributed by atoms with Crippen LogP contribution in [0, 0.1) is 11.8 Å². The predicted octanol–water partition coefficient (Wildman–Crippen LogP) is 3.54. The molecule has 110 valence electrons. The molecule has 1 aromatic carbocycles. The van der Waals surface area contributed by atoms with E-state index in [0.717, 1.165) is 11.8 Å². The van der Waals surface area contributed by atoms with Crippen LogP contribution >= 0.6 is 0 Å². The van der Waals surface area contributed by atoms with Gasteiger partial charge in [0.25, 0.3) is 0 Å². The van der Waals surface area contributed by atoms with Gasteiger partial charge in [0.15, 0.2) is 0 Å². The van der Waals surface area contributed by atoms with E-state index in [1.165, 1.54) is 37.1 Å². The summed E-state index contributed by atoms with van der Waals surface area (Å²) < 4.78 is 0. The third kappa shape index (κ3) is 2.40. The van der Waals surface area contributed by atoms with Crippen molar-refractivity contribution in [2.75, 3.05) is 13.1 Å². The van der Waals surface area contributed by atoms with E-state index in [1.807, 2.05) is 0 Å². The smallest absolute Gasteiger partial charge is 0.0456 e. The largest absolute Gasteiger partial charge is 0.323 e. The molecule has 2 nitrogen and oxygen atoms in total. The summed E-state index contributed by atoms with van der Waals surface area (Å²) in [6, 6.07) is 9.49. The average molecular weight is 272 g/mol. The Morgan fingerprint density at radius 3 is 2.55 bits per heavy atom. The Morgan fingerprint density at radius 1 is 1.20 bits per heavy atom. The molecule has 0 radical (unpaired) electrons. The molecule has 2 N–H and O–H groups in total. The van der Waals surface area contributed by atoms with Gasteiger partial charge in [-0.1, -0.05) is 45.0 Å². The Bertz CT molecular complexity index is 468. The summed E-state index contributed by atoms with van der Waals surface area (Å²) in [5.74, 6) is 2.29. The summed E-state index contributed by atoms with van der Waals surface area (Å²) in [4.78, 5) is 2.67. The van der Waals surface area contributed by atoms with E-state index in [1.54, 1.807) is 0 Å². The number of benzene rings is 1. The molecule has 1 aromatic rings. The zero-order valence-electron chi connectivity index (χ0n) is 13.0. The van der Waals surface area contributed by atoms with Crippen LogP contribution in [0.1, 0.15) is 56.7 Å². The lowest BCUT2D eigenvalue weighted by Gasteiger charge is -2.40. The summed E-state index contributed by atoms with van der Waals surface area (Å²) in [6.07, 6.45) is 2.56. The van der Waals surface area contributed by atoms with Gasteiger partial charge in [-0.2, -0.15) is 0 Å². The standard InChI is InChI=1S/C18H28N2/c1-12(2)14-8-9-20(11-14)17-10-13(3)15-6-4-5-7-16(15)18(17)19/h4-7,12-14,17-18H,8-11,19H2,1-3H3. The highest BCUT2D eigenvalue weighted by Crippen LogP contribution is 2.40. The van der Waals surface area contributed by atoms with Crippen molar-refractivity contribution in [3.8, 4) is 0 Å². The molecule has 3 rings (SSSR count). The number of hydrogen-bond donors (Lipinski definition) is 1. The molecule has 1 aliphatic heterocycles. The van der Waals surface area contributed by atoms with E-state index in [9.17, 15) is 0 Å². The Kier molecular flexibility index (Phi) is 3.87. The van der Waals surface area contributed by atoms with E-state index < -0.39 is 0 Å². The molecule has 1 fully saturated rings. The van der Waals surface area contributed by atoms with Crippen molar-refractivity contribution in [3.05, 3.63) is 35.4 Å². The van der Waals surface area contributed by atoms with E-state index in [-0.39, 0.29) is 6.04 Å². The first kappa shape index (κ1) is 14.1. The van der Waals surface area contributed by atoms with Crippen LogP contribution in [0.25, 0.3) is 0 Å². The maximum absolute atomic E-state index is 6.61. The molecule has 1 aliphatic carbocycles. The predicted molar refractivity (Wildman–Crippen MR) is 84.7 cm³/mol. The minimum atomic E-state index is 0.188. The van der Waals surface area contributed by atoms with Gasteiger partial charge in [-0.3, -0.25) is 4.90 Å². The maximum atomic E-state index is 6.61. The van der Waals surface area contributed by atoms with Crippen LogP contribution in [0.5, 0.6) is 0 Å². The molecule has 20 heavy (non-hydrogen) atoms. The first-order valence-corrected chi connectivity index (χ1v) is 8.16. The van der Waals surface area contributed by atoms with Crippen LogP contribution in [0.4, 0.5) is 0 Å². The molecule has 1 saturated heterocycles. The quantitative estimate of drug-likeness (QED) is 0.892. The zero-order chi connectivity index (χ0) is 14.3. The van der Waals surface area contributed by atoms with Gasteiger partial charge in [0.05, 0.1) is 0 Å². The number of nitrogens with zero attached hydrogens (tertiary/aromatic N) is 1. The number of hydrogen-bond acceptors (Lipinski definition) is 2. The van der Waals surface area contributed by atoms with E-state index in [2.05, 4.69) is 49.9 Å². The molecule has 4 atom stereocenters. The summed E-state index contributed by atoms with van der Waals surface area (Å²) in [7, 11) is 0. The van der Waals surface area contributed by atoms with Gasteiger partial charge in [-0.15, -0.1) is 0 Å². The SMILES string of the molecule is CC1CC(N2CCC(C(C)C)C2)C(N)c2ccccc21. The summed E-state index contributed by atoms with van der Waals surface area (Å²) in [6.45, 7) is 9.54. The monoisotopic (exact) mass is 272 g/mol. The fraction of sp³-hybridized carbons (Fsp3) is 0.667. The van der Waals surface area contributed by atoms with Crippen LogP contribution < -0.4 is 5.73 Å². The zero-order valence-corrected chi connectivity index (χ0v) is 13.0. The highest BCUT2D eigenvalue weighted by atomic mass is 15.2. The second-order valence-corrected chi connectivity index (χ2v) is 7.15. The van der Waals surface area contributed by atoms with Crippen molar-refractivity contribution in [2.24, 2.45) is 17.6 Å². The van der Waals surface area contributed by atoms with Gasteiger partial charge in [0, 0.05) is 18.6 Å². The summed E-state index contributed by atoms with van der Waals surface area (Å²) in [5, 5.41) is 0. The fourth-order valence-electron chi connectivity index (χ4n) is 4.14. The number of fused-ring (bicyclic) bond motifs is 1. The number of nitrogens with two attached hydrogens (primary N) is 1. The molecule has 4 unspecified atom stereocenters. The minimum absolute atomic E-state index is 0.188. The maximum Gasteiger partial charge on any atom is 0.0456 e.